The van der Waals surface area contributed by atoms with Crippen molar-refractivity contribution in [1.82, 2.24) is 0 Å². The highest BCUT2D eigenvalue weighted by Crippen LogP contribution is 2.13. The zero-order chi connectivity index (χ0) is 23.4. The fraction of sp³-hybridized carbons (Fsp3) is 0.357. The van der Waals surface area contributed by atoms with Gasteiger partial charge in [-0.25, -0.2) is 0 Å². The summed E-state index contributed by atoms with van der Waals surface area (Å²) in [4.78, 5) is 2.36. The molecule has 30 heavy (non-hydrogen) atoms. The quantitative estimate of drug-likeness (QED) is 0.304. The smallest absolute Gasteiger partial charge is 0.00693 e. The van der Waals surface area contributed by atoms with Crippen LogP contribution in [-0.4, -0.2) is 6.26 Å². The maximum atomic E-state index is 4.13. The molecule has 0 aliphatic heterocycles. The van der Waals surface area contributed by atoms with E-state index in [2.05, 4.69) is 95.1 Å². The Kier molecular flexibility index (Phi) is 21.0. The highest BCUT2D eigenvalue weighted by Gasteiger charge is 1.86. The number of thioether (sulfide) groups is 1. The van der Waals surface area contributed by atoms with E-state index in [9.17, 15) is 0 Å². The van der Waals surface area contributed by atoms with Crippen LogP contribution in [0.1, 0.15) is 56.9 Å². The average molecular weight is 443 g/mol. The van der Waals surface area contributed by atoms with Crippen LogP contribution in [0.5, 0.6) is 0 Å². The summed E-state index contributed by atoms with van der Waals surface area (Å²) in [5, 5.41) is 0. The van der Waals surface area contributed by atoms with Crippen LogP contribution in [-0.2, 0) is 6.42 Å². The summed E-state index contributed by atoms with van der Waals surface area (Å²) in [5.74, 6) is 0. The van der Waals surface area contributed by atoms with Gasteiger partial charge in [-0.1, -0.05) is 99.8 Å². The highest BCUT2D eigenvalue weighted by atomic mass is 32.2. The molecular weight excluding hydrogens is 400 g/mol. The monoisotopic (exact) mass is 442 g/mol. The van der Waals surface area contributed by atoms with Crippen molar-refractivity contribution in [1.29, 1.82) is 0 Å². The predicted octanol–water partition coefficient (Wildman–Crippen LogP) is 9.61. The second kappa shape index (κ2) is 20.6. The zero-order valence-corrected chi connectivity index (χ0v) is 22.2. The normalized spacial score (nSPS) is 8.60. The summed E-state index contributed by atoms with van der Waals surface area (Å²) in [6.07, 6.45) is 3.23. The van der Waals surface area contributed by atoms with E-state index < -0.39 is 0 Å². The molecule has 0 saturated carbocycles. The first-order chi connectivity index (χ1) is 14.4. The average Bonchev–Trinajstić information content (AvgIpc) is 2.80. The first-order valence-electron chi connectivity index (χ1n) is 10.9. The van der Waals surface area contributed by atoms with Gasteiger partial charge in [0.1, 0.15) is 0 Å². The molecule has 166 valence electrons. The first kappa shape index (κ1) is 30.6. The van der Waals surface area contributed by atoms with E-state index in [4.69, 9.17) is 0 Å². The molecule has 0 bridgehead atoms. The molecular formula is C28H42S2. The lowest BCUT2D eigenvalue weighted by Gasteiger charge is -1.94. The summed E-state index contributed by atoms with van der Waals surface area (Å²) in [5.41, 5.74) is 5.36. The molecule has 0 aromatic heterocycles. The molecule has 0 fully saturated rings. The second-order valence-corrected chi connectivity index (χ2v) is 7.59. The van der Waals surface area contributed by atoms with Gasteiger partial charge in [0.25, 0.3) is 0 Å². The van der Waals surface area contributed by atoms with Gasteiger partial charge in [-0.2, -0.15) is 0 Å². The number of benzene rings is 3. The van der Waals surface area contributed by atoms with Gasteiger partial charge >= 0.3 is 0 Å². The fourth-order valence-corrected chi connectivity index (χ4v) is 2.60. The predicted molar refractivity (Wildman–Crippen MR) is 145 cm³/mol. The van der Waals surface area contributed by atoms with Crippen molar-refractivity contribution in [3.05, 3.63) is 95.1 Å². The van der Waals surface area contributed by atoms with Crippen LogP contribution >= 0.6 is 24.4 Å². The molecule has 0 saturated heterocycles. The molecule has 3 aromatic carbocycles. The van der Waals surface area contributed by atoms with Gasteiger partial charge in [0, 0.05) is 9.79 Å². The minimum atomic E-state index is 1.02. The molecule has 0 unspecified atom stereocenters. The summed E-state index contributed by atoms with van der Waals surface area (Å²) < 4.78 is 0. The van der Waals surface area contributed by atoms with Gasteiger partial charge in [0.05, 0.1) is 0 Å². The molecule has 2 heteroatoms. The Bertz CT molecular complexity index is 661. The third-order valence-electron chi connectivity index (χ3n) is 3.82. The van der Waals surface area contributed by atoms with Crippen LogP contribution in [0.2, 0.25) is 0 Å². The molecule has 0 nitrogen and oxygen atoms in total. The van der Waals surface area contributed by atoms with E-state index in [-0.39, 0.29) is 0 Å². The van der Waals surface area contributed by atoms with Crippen LogP contribution in [0.4, 0.5) is 0 Å². The molecule has 0 amide bonds. The van der Waals surface area contributed by atoms with Crippen molar-refractivity contribution in [2.24, 2.45) is 0 Å². The van der Waals surface area contributed by atoms with Crippen molar-refractivity contribution in [2.45, 2.75) is 71.6 Å². The third kappa shape index (κ3) is 16.2. The maximum Gasteiger partial charge on any atom is 0.00693 e. The van der Waals surface area contributed by atoms with Crippen molar-refractivity contribution in [3.63, 3.8) is 0 Å². The van der Waals surface area contributed by atoms with Crippen molar-refractivity contribution in [3.8, 4) is 0 Å². The Morgan fingerprint density at radius 2 is 0.933 bits per heavy atom. The van der Waals surface area contributed by atoms with Gasteiger partial charge in [-0.05, 0) is 63.3 Å². The van der Waals surface area contributed by atoms with Crippen LogP contribution in [0.3, 0.4) is 0 Å². The van der Waals surface area contributed by atoms with Gasteiger partial charge in [0.2, 0.25) is 0 Å². The Labute approximate surface area is 196 Å². The molecule has 3 aromatic rings. The number of aryl methyl sites for hydroxylation is 4. The van der Waals surface area contributed by atoms with E-state index in [1.807, 2.05) is 52.0 Å². The van der Waals surface area contributed by atoms with Crippen molar-refractivity contribution >= 4 is 24.4 Å². The summed E-state index contributed by atoms with van der Waals surface area (Å²) >= 11 is 5.91. The number of thiol groups is 1. The fourth-order valence-electron chi connectivity index (χ4n) is 2.04. The molecule has 0 radical (unpaired) electrons. The van der Waals surface area contributed by atoms with Crippen LogP contribution in [0.15, 0.2) is 82.6 Å². The molecule has 0 aliphatic rings. The van der Waals surface area contributed by atoms with Gasteiger partial charge in [-0.3, -0.25) is 0 Å². The Morgan fingerprint density at radius 3 is 1.23 bits per heavy atom. The maximum absolute atomic E-state index is 4.13. The minimum absolute atomic E-state index is 1.02. The number of hydrogen-bond donors (Lipinski definition) is 1. The number of rotatable bonds is 2. The van der Waals surface area contributed by atoms with Crippen LogP contribution < -0.4 is 0 Å². The van der Waals surface area contributed by atoms with Gasteiger partial charge in [0.15, 0.2) is 0 Å². The van der Waals surface area contributed by atoms with Crippen molar-refractivity contribution < 1.29 is 0 Å². The van der Waals surface area contributed by atoms with Crippen LogP contribution in [0, 0.1) is 20.8 Å². The Balaban J connectivity index is 0. The summed E-state index contributed by atoms with van der Waals surface area (Å²) in [6.45, 7) is 16.4. The molecule has 0 aliphatic carbocycles. The molecule has 0 heterocycles. The van der Waals surface area contributed by atoms with Crippen LogP contribution in [0.25, 0.3) is 0 Å². The van der Waals surface area contributed by atoms with E-state index in [1.165, 1.54) is 27.1 Å². The van der Waals surface area contributed by atoms with E-state index >= 15 is 0 Å². The number of hydrogen-bond acceptors (Lipinski definition) is 2. The first-order valence-corrected chi connectivity index (χ1v) is 12.5. The molecule has 0 spiro atoms. The largest absolute Gasteiger partial charge is 0.143 e. The second-order valence-electron chi connectivity index (χ2n) is 6.19. The van der Waals surface area contributed by atoms with Gasteiger partial charge < -0.3 is 0 Å². The molecule has 0 atom stereocenters. The topological polar surface area (TPSA) is 0 Å². The third-order valence-corrected chi connectivity index (χ3v) is 4.86. The Hall–Kier alpha value is -1.64. The summed E-state index contributed by atoms with van der Waals surface area (Å²) in [6, 6.07) is 25.3. The zero-order valence-electron chi connectivity index (χ0n) is 20.5. The standard InChI is InChI=1S/C9H12.C8H10S.C7H8S.2C2H6/c1-3-9-6-4-8(2)5-7-9;1-7-3-5-8(9-2)6-4-7;1-6-2-4-7(8)5-3-6;2*1-2/h4-7H,3H2,1-2H3;3-6H,1-2H3;2-5,8H,1H3;2*1-2H3. The highest BCUT2D eigenvalue weighted by molar-refractivity contribution is 7.98. The molecule has 0 N–H and O–H groups in total. The lowest BCUT2D eigenvalue weighted by molar-refractivity contribution is 1.14. The Morgan fingerprint density at radius 1 is 0.600 bits per heavy atom. The van der Waals surface area contributed by atoms with Crippen molar-refractivity contribution in [2.75, 3.05) is 6.26 Å². The van der Waals surface area contributed by atoms with E-state index in [0.29, 0.717) is 0 Å². The lowest BCUT2D eigenvalue weighted by Crippen LogP contribution is -1.77. The SMILES string of the molecule is CC.CC.CCc1ccc(C)cc1.CSc1ccc(C)cc1.Cc1ccc(S)cc1. The van der Waals surface area contributed by atoms with E-state index in [0.717, 1.165) is 11.3 Å². The minimum Gasteiger partial charge on any atom is -0.143 e. The van der Waals surface area contributed by atoms with E-state index in [1.54, 1.807) is 11.8 Å². The summed E-state index contributed by atoms with van der Waals surface area (Å²) in [7, 11) is 0. The van der Waals surface area contributed by atoms with Gasteiger partial charge in [-0.15, -0.1) is 24.4 Å². The molecule has 3 rings (SSSR count). The lowest BCUT2D eigenvalue weighted by atomic mass is 10.1.